The van der Waals surface area contributed by atoms with Crippen molar-refractivity contribution in [1.29, 1.82) is 0 Å². The second-order valence-electron chi connectivity index (χ2n) is 2.82. The number of hydrogen-bond donors (Lipinski definition) is 1. The summed E-state index contributed by atoms with van der Waals surface area (Å²) in [4.78, 5) is 4.38. The normalized spacial score (nSPS) is 22.1. The van der Waals surface area contributed by atoms with Crippen molar-refractivity contribution in [3.8, 4) is 0 Å². The van der Waals surface area contributed by atoms with Crippen LogP contribution in [0.2, 0.25) is 0 Å². The number of aliphatic imine (C=N–C) groups is 1. The van der Waals surface area contributed by atoms with Gasteiger partial charge in [0.05, 0.1) is 6.54 Å². The van der Waals surface area contributed by atoms with Crippen LogP contribution in [0.3, 0.4) is 0 Å². The molecule has 0 atom stereocenters. The Morgan fingerprint density at radius 1 is 1.50 bits per heavy atom. The molecule has 1 heterocycles. The van der Waals surface area contributed by atoms with Gasteiger partial charge in [-0.1, -0.05) is 12.7 Å². The topological polar surface area (TPSA) is 24.4 Å². The molecule has 1 aliphatic heterocycles. The number of nitrogens with zero attached hydrogens (tertiary/aromatic N) is 1. The number of allylic oxidation sites excluding steroid dienone is 3. The van der Waals surface area contributed by atoms with Gasteiger partial charge in [0, 0.05) is 18.0 Å². The minimum absolute atomic E-state index is 0.860. The van der Waals surface area contributed by atoms with Crippen molar-refractivity contribution in [1.82, 2.24) is 5.32 Å². The molecule has 0 saturated heterocycles. The lowest BCUT2D eigenvalue weighted by Gasteiger charge is -2.13. The van der Waals surface area contributed by atoms with E-state index in [2.05, 4.69) is 29.9 Å². The Morgan fingerprint density at radius 2 is 2.33 bits per heavy atom. The van der Waals surface area contributed by atoms with E-state index in [1.54, 1.807) is 0 Å². The van der Waals surface area contributed by atoms with Crippen LogP contribution >= 0.6 is 0 Å². The number of hydrogen-bond acceptors (Lipinski definition) is 2. The highest BCUT2D eigenvalue weighted by atomic mass is 14.9. The summed E-state index contributed by atoms with van der Waals surface area (Å²) in [5.74, 6) is 0. The van der Waals surface area contributed by atoms with Gasteiger partial charge < -0.3 is 5.32 Å². The van der Waals surface area contributed by atoms with Gasteiger partial charge in [0.15, 0.2) is 0 Å². The van der Waals surface area contributed by atoms with E-state index in [0.717, 1.165) is 31.6 Å². The number of rotatable bonds is 1. The van der Waals surface area contributed by atoms with Crippen molar-refractivity contribution in [3.05, 3.63) is 24.4 Å². The van der Waals surface area contributed by atoms with Gasteiger partial charge >= 0.3 is 0 Å². The average Bonchev–Trinajstić information content (AvgIpc) is 2.05. The first-order chi connectivity index (χ1) is 5.86. The molecular formula is C10H16N2. The quantitative estimate of drug-likeness (QED) is 0.629. The summed E-state index contributed by atoms with van der Waals surface area (Å²) in [6.07, 6.45) is 6.06. The minimum Gasteiger partial charge on any atom is -0.387 e. The van der Waals surface area contributed by atoms with Gasteiger partial charge in [0.1, 0.15) is 0 Å². The third-order valence-electron chi connectivity index (χ3n) is 2.01. The van der Waals surface area contributed by atoms with E-state index in [9.17, 15) is 0 Å². The van der Waals surface area contributed by atoms with Crippen LogP contribution in [0.25, 0.3) is 0 Å². The maximum atomic E-state index is 4.38. The molecule has 2 heteroatoms. The maximum absolute atomic E-state index is 4.38. The molecule has 1 aliphatic rings. The second kappa shape index (κ2) is 4.75. The SMILES string of the molecule is C=CC1=NCCN/C(=C\C)CC1. The summed E-state index contributed by atoms with van der Waals surface area (Å²) < 4.78 is 0. The second-order valence-corrected chi connectivity index (χ2v) is 2.82. The van der Waals surface area contributed by atoms with Gasteiger partial charge in [-0.2, -0.15) is 0 Å². The zero-order valence-corrected chi connectivity index (χ0v) is 7.64. The first-order valence-electron chi connectivity index (χ1n) is 4.41. The van der Waals surface area contributed by atoms with E-state index in [0.29, 0.717) is 0 Å². The highest BCUT2D eigenvalue weighted by Crippen LogP contribution is 2.05. The highest BCUT2D eigenvalue weighted by molar-refractivity contribution is 5.94. The van der Waals surface area contributed by atoms with Crippen LogP contribution in [0.5, 0.6) is 0 Å². The van der Waals surface area contributed by atoms with Gasteiger partial charge in [-0.3, -0.25) is 4.99 Å². The fourth-order valence-corrected chi connectivity index (χ4v) is 1.26. The van der Waals surface area contributed by atoms with E-state index in [-0.39, 0.29) is 0 Å². The zero-order chi connectivity index (χ0) is 8.81. The van der Waals surface area contributed by atoms with Crippen LogP contribution in [0.4, 0.5) is 0 Å². The van der Waals surface area contributed by atoms with Gasteiger partial charge in [-0.05, 0) is 25.8 Å². The molecular weight excluding hydrogens is 148 g/mol. The monoisotopic (exact) mass is 164 g/mol. The first kappa shape index (κ1) is 9.04. The van der Waals surface area contributed by atoms with Crippen molar-refractivity contribution in [2.24, 2.45) is 4.99 Å². The molecule has 0 saturated carbocycles. The van der Waals surface area contributed by atoms with Crippen LogP contribution in [0, 0.1) is 0 Å². The lowest BCUT2D eigenvalue weighted by atomic mass is 10.1. The fourth-order valence-electron chi connectivity index (χ4n) is 1.26. The Balaban J connectivity index is 2.58. The molecule has 0 spiro atoms. The standard InChI is InChI=1S/C10H16N2/c1-3-9-5-6-10(4-2)12-8-7-11-9/h3-4,12H,1,5-8H2,2H3/b10-4-,11-9?. The van der Waals surface area contributed by atoms with E-state index < -0.39 is 0 Å². The Morgan fingerprint density at radius 3 is 3.00 bits per heavy atom. The number of nitrogens with one attached hydrogen (secondary N) is 1. The lowest BCUT2D eigenvalue weighted by molar-refractivity contribution is 0.735. The smallest absolute Gasteiger partial charge is 0.0565 e. The molecule has 0 aromatic rings. The van der Waals surface area contributed by atoms with Crippen molar-refractivity contribution in [3.63, 3.8) is 0 Å². The Hall–Kier alpha value is -1.05. The summed E-state index contributed by atoms with van der Waals surface area (Å²) in [5, 5.41) is 3.34. The third kappa shape index (κ3) is 2.53. The third-order valence-corrected chi connectivity index (χ3v) is 2.01. The van der Waals surface area contributed by atoms with Crippen LogP contribution in [-0.2, 0) is 0 Å². The van der Waals surface area contributed by atoms with Gasteiger partial charge in [-0.25, -0.2) is 0 Å². The van der Waals surface area contributed by atoms with Crippen molar-refractivity contribution in [2.75, 3.05) is 13.1 Å². The predicted octanol–water partition coefficient (Wildman–Crippen LogP) is 1.90. The largest absolute Gasteiger partial charge is 0.387 e. The van der Waals surface area contributed by atoms with E-state index in [4.69, 9.17) is 0 Å². The van der Waals surface area contributed by atoms with E-state index in [1.807, 2.05) is 6.08 Å². The molecule has 2 nitrogen and oxygen atoms in total. The van der Waals surface area contributed by atoms with Gasteiger partial charge in [0.2, 0.25) is 0 Å². The van der Waals surface area contributed by atoms with Crippen LogP contribution in [0.15, 0.2) is 29.4 Å². The summed E-state index contributed by atoms with van der Waals surface area (Å²) in [6, 6.07) is 0. The minimum atomic E-state index is 0.860. The molecule has 0 amide bonds. The van der Waals surface area contributed by atoms with Crippen LogP contribution < -0.4 is 5.32 Å². The molecule has 0 aromatic heterocycles. The zero-order valence-electron chi connectivity index (χ0n) is 7.64. The lowest BCUT2D eigenvalue weighted by Crippen LogP contribution is -2.20. The summed E-state index contributed by atoms with van der Waals surface area (Å²) in [5.41, 5.74) is 2.46. The first-order valence-corrected chi connectivity index (χ1v) is 4.41. The summed E-state index contributed by atoms with van der Waals surface area (Å²) in [6.45, 7) is 7.60. The molecule has 0 fully saturated rings. The van der Waals surface area contributed by atoms with Gasteiger partial charge in [-0.15, -0.1) is 0 Å². The average molecular weight is 164 g/mol. The molecule has 12 heavy (non-hydrogen) atoms. The molecule has 0 bridgehead atoms. The molecule has 1 rings (SSSR count). The van der Waals surface area contributed by atoms with Crippen molar-refractivity contribution < 1.29 is 0 Å². The molecule has 0 unspecified atom stereocenters. The molecule has 0 radical (unpaired) electrons. The predicted molar refractivity (Wildman–Crippen MR) is 53.5 cm³/mol. The van der Waals surface area contributed by atoms with Crippen LogP contribution in [0.1, 0.15) is 19.8 Å². The Labute approximate surface area is 74.1 Å². The van der Waals surface area contributed by atoms with E-state index in [1.165, 1.54) is 5.70 Å². The van der Waals surface area contributed by atoms with Crippen molar-refractivity contribution in [2.45, 2.75) is 19.8 Å². The fraction of sp³-hybridized carbons (Fsp3) is 0.500. The summed E-state index contributed by atoms with van der Waals surface area (Å²) >= 11 is 0. The Bertz CT molecular complexity index is 214. The van der Waals surface area contributed by atoms with E-state index >= 15 is 0 Å². The van der Waals surface area contributed by atoms with Crippen molar-refractivity contribution >= 4 is 5.71 Å². The van der Waals surface area contributed by atoms with Crippen LogP contribution in [-0.4, -0.2) is 18.8 Å². The Kier molecular flexibility index (Phi) is 3.58. The summed E-state index contributed by atoms with van der Waals surface area (Å²) in [7, 11) is 0. The molecule has 66 valence electrons. The molecule has 1 N–H and O–H groups in total. The molecule has 0 aliphatic carbocycles. The highest BCUT2D eigenvalue weighted by Gasteiger charge is 2.01. The molecule has 0 aromatic carbocycles. The van der Waals surface area contributed by atoms with Gasteiger partial charge in [0.25, 0.3) is 0 Å². The maximum Gasteiger partial charge on any atom is 0.0565 e.